The van der Waals surface area contributed by atoms with Crippen molar-refractivity contribution in [1.29, 1.82) is 0 Å². The monoisotopic (exact) mass is 496 g/mol. The number of aromatic nitrogens is 2. The predicted molar refractivity (Wildman–Crippen MR) is 124 cm³/mol. The zero-order valence-electron chi connectivity index (χ0n) is 20.2. The van der Waals surface area contributed by atoms with Crippen LogP contribution in [0.5, 0.6) is 17.2 Å². The molecule has 0 aliphatic heterocycles. The summed E-state index contributed by atoms with van der Waals surface area (Å²) in [5, 5.41) is 19.9. The Kier molecular flexibility index (Phi) is 8.87. The number of hydrogen-bond acceptors (Lipinski definition) is 9. The Labute approximate surface area is 228 Å². The van der Waals surface area contributed by atoms with Crippen molar-refractivity contribution >= 4 is 28.4 Å². The molecular weight excluding hydrogens is 475 g/mol. The van der Waals surface area contributed by atoms with E-state index in [2.05, 4.69) is 10.3 Å². The zero-order valence-corrected chi connectivity index (χ0v) is 22.2. The van der Waals surface area contributed by atoms with Gasteiger partial charge in [-0.1, -0.05) is 12.1 Å². The molecule has 0 aliphatic carbocycles. The minimum Gasteiger partial charge on any atom is -0.545 e. The first-order valence-electron chi connectivity index (χ1n) is 10.5. The number of methoxy groups -OCH3 is 3. The molecule has 36 heavy (non-hydrogen) atoms. The molecule has 0 saturated heterocycles. The third-order valence-electron chi connectivity index (χ3n) is 5.50. The Bertz CT molecular complexity index is 1430. The number of aliphatic carboxylic acids is 1. The van der Waals surface area contributed by atoms with Crippen molar-refractivity contribution in [2.75, 3.05) is 21.3 Å². The molecule has 178 valence electrons. The van der Waals surface area contributed by atoms with Crippen molar-refractivity contribution in [1.82, 2.24) is 10.3 Å². The van der Waals surface area contributed by atoms with E-state index in [1.54, 1.807) is 48.5 Å². The number of nitrogens with zero attached hydrogens (tertiary/aromatic N) is 2. The summed E-state index contributed by atoms with van der Waals surface area (Å²) in [5.41, 5.74) is 1.75. The van der Waals surface area contributed by atoms with Gasteiger partial charge in [0.05, 0.1) is 27.3 Å². The van der Waals surface area contributed by atoms with Gasteiger partial charge in [0.1, 0.15) is 16.8 Å². The van der Waals surface area contributed by atoms with Crippen LogP contribution in [0.2, 0.25) is 0 Å². The molecule has 0 unspecified atom stereocenters. The van der Waals surface area contributed by atoms with Crippen molar-refractivity contribution in [2.24, 2.45) is 0 Å². The third-order valence-corrected chi connectivity index (χ3v) is 5.50. The van der Waals surface area contributed by atoms with Gasteiger partial charge >= 0.3 is 29.6 Å². The fraction of sp³-hybridized carbons (Fsp3) is 0.154. The van der Waals surface area contributed by atoms with Gasteiger partial charge in [-0.3, -0.25) is 4.79 Å². The first-order chi connectivity index (χ1) is 16.9. The minimum atomic E-state index is -1.50. The number of fused-ring (bicyclic) bond motifs is 1. The SMILES string of the molecule is COc1ccc(C(=O)/C(Cc2ccc(OC)c(OC)c2)=C(/C(=O)[O-])c2ccc3nonc3c2)cc1.[Na+]. The van der Waals surface area contributed by atoms with Crippen molar-refractivity contribution in [2.45, 2.75) is 6.42 Å². The third kappa shape index (κ3) is 5.59. The summed E-state index contributed by atoms with van der Waals surface area (Å²) in [6, 6.07) is 16.1. The van der Waals surface area contributed by atoms with Crippen molar-refractivity contribution in [3.63, 3.8) is 0 Å². The van der Waals surface area contributed by atoms with Gasteiger partial charge in [0.25, 0.3) is 0 Å². The summed E-state index contributed by atoms with van der Waals surface area (Å²) in [6.07, 6.45) is -0.0103. The summed E-state index contributed by atoms with van der Waals surface area (Å²) in [5.74, 6) is -0.451. The molecule has 1 aromatic heterocycles. The van der Waals surface area contributed by atoms with Crippen molar-refractivity contribution < 1.29 is 63.1 Å². The molecule has 0 saturated carbocycles. The Balaban J connectivity index is 0.00000361. The quantitative estimate of drug-likeness (QED) is 0.177. The molecular formula is C26H21N2NaO7. The second kappa shape index (κ2) is 11.9. The van der Waals surface area contributed by atoms with Crippen LogP contribution in [0.25, 0.3) is 16.6 Å². The fourth-order valence-corrected chi connectivity index (χ4v) is 3.75. The van der Waals surface area contributed by atoms with E-state index in [1.807, 2.05) is 0 Å². The van der Waals surface area contributed by atoms with Crippen LogP contribution in [-0.4, -0.2) is 43.4 Å². The summed E-state index contributed by atoms with van der Waals surface area (Å²) in [7, 11) is 4.52. The average molecular weight is 496 g/mol. The van der Waals surface area contributed by atoms with Crippen molar-refractivity contribution in [3.8, 4) is 17.2 Å². The number of allylic oxidation sites excluding steroid dienone is 1. The van der Waals surface area contributed by atoms with Crippen LogP contribution in [0.4, 0.5) is 0 Å². The second-order valence-electron chi connectivity index (χ2n) is 7.53. The van der Waals surface area contributed by atoms with Gasteiger partial charge in [-0.2, -0.15) is 0 Å². The summed E-state index contributed by atoms with van der Waals surface area (Å²) < 4.78 is 20.5. The van der Waals surface area contributed by atoms with Crippen LogP contribution in [0.1, 0.15) is 21.5 Å². The molecule has 4 aromatic rings. The molecule has 0 aliphatic rings. The summed E-state index contributed by atoms with van der Waals surface area (Å²) >= 11 is 0. The summed E-state index contributed by atoms with van der Waals surface area (Å²) in [6.45, 7) is 0. The molecule has 4 rings (SSSR count). The number of Topliss-reactive ketones (excluding diaryl/α,β-unsaturated/α-hetero) is 1. The standard InChI is InChI=1S/C26H22N2O7.Na/c1-32-18-8-5-16(6-9-18)25(29)19(12-15-4-11-22(33-2)23(13-15)34-3)24(26(30)31)17-7-10-20-21(14-17)28-35-27-20;/h4-11,13-14H,12H2,1-3H3,(H,30,31);/q;+1/p-1/b24-19+;. The van der Waals surface area contributed by atoms with E-state index in [9.17, 15) is 14.7 Å². The molecule has 0 fully saturated rings. The Morgan fingerprint density at radius 3 is 2.11 bits per heavy atom. The first kappa shape index (κ1) is 26.9. The maximum absolute atomic E-state index is 13.7. The number of ketones is 1. The molecule has 0 amide bonds. The maximum atomic E-state index is 13.7. The minimum absolute atomic E-state index is 0. The van der Waals surface area contributed by atoms with Gasteiger partial charge < -0.3 is 24.1 Å². The molecule has 10 heteroatoms. The van der Waals surface area contributed by atoms with Crippen LogP contribution >= 0.6 is 0 Å². The van der Waals surface area contributed by atoms with Crippen LogP contribution in [0, 0.1) is 0 Å². The normalized spacial score (nSPS) is 11.3. The van der Waals surface area contributed by atoms with Crippen molar-refractivity contribution in [3.05, 3.63) is 82.9 Å². The molecule has 0 atom stereocenters. The van der Waals surface area contributed by atoms with Crippen LogP contribution < -0.4 is 48.9 Å². The zero-order chi connectivity index (χ0) is 24.9. The Morgan fingerprint density at radius 2 is 1.47 bits per heavy atom. The van der Waals surface area contributed by atoms with Gasteiger partial charge in [-0.25, -0.2) is 4.63 Å². The first-order valence-corrected chi connectivity index (χ1v) is 10.5. The number of carboxylic acids is 1. The number of carbonyl (C=O) groups excluding carboxylic acids is 2. The Morgan fingerprint density at radius 1 is 0.806 bits per heavy atom. The van der Waals surface area contributed by atoms with Crippen LogP contribution in [0.3, 0.4) is 0 Å². The van der Waals surface area contributed by atoms with E-state index in [1.165, 1.54) is 33.5 Å². The van der Waals surface area contributed by atoms with Gasteiger partial charge in [-0.05, 0) is 70.0 Å². The topological polar surface area (TPSA) is 124 Å². The average Bonchev–Trinajstić information content (AvgIpc) is 3.35. The number of ether oxygens (including phenoxy) is 3. The molecule has 0 N–H and O–H groups in total. The van der Waals surface area contributed by atoms with E-state index in [0.29, 0.717) is 39.4 Å². The van der Waals surface area contributed by atoms with Gasteiger partial charge in [0.2, 0.25) is 0 Å². The molecule has 0 radical (unpaired) electrons. The van der Waals surface area contributed by atoms with E-state index < -0.39 is 11.8 Å². The number of rotatable bonds is 9. The number of benzene rings is 3. The van der Waals surface area contributed by atoms with Crippen LogP contribution in [-0.2, 0) is 11.2 Å². The molecule has 9 nitrogen and oxygen atoms in total. The number of hydrogen-bond donors (Lipinski definition) is 0. The molecule has 0 spiro atoms. The fourth-order valence-electron chi connectivity index (χ4n) is 3.75. The number of carbonyl (C=O) groups is 2. The van der Waals surface area contributed by atoms with E-state index in [0.717, 1.165) is 0 Å². The number of carboxylic acid groups (broad SMARTS) is 1. The molecule has 1 heterocycles. The van der Waals surface area contributed by atoms with E-state index in [-0.39, 0.29) is 52.7 Å². The smallest absolute Gasteiger partial charge is 0.545 e. The van der Waals surface area contributed by atoms with Gasteiger partial charge in [-0.15, -0.1) is 0 Å². The van der Waals surface area contributed by atoms with E-state index in [4.69, 9.17) is 18.8 Å². The second-order valence-corrected chi connectivity index (χ2v) is 7.53. The maximum Gasteiger partial charge on any atom is 1.00 e. The predicted octanol–water partition coefficient (Wildman–Crippen LogP) is -0.118. The molecule has 3 aromatic carbocycles. The molecule has 0 bridgehead atoms. The van der Waals surface area contributed by atoms with Gasteiger partial charge in [0, 0.05) is 23.1 Å². The van der Waals surface area contributed by atoms with Crippen LogP contribution in [0.15, 0.2) is 70.9 Å². The van der Waals surface area contributed by atoms with E-state index >= 15 is 0 Å². The largest absolute Gasteiger partial charge is 1.00 e. The van der Waals surface area contributed by atoms with Gasteiger partial charge in [0.15, 0.2) is 17.3 Å². The Hall–Kier alpha value is -3.66. The summed E-state index contributed by atoms with van der Waals surface area (Å²) in [4.78, 5) is 26.1.